The van der Waals surface area contributed by atoms with Gasteiger partial charge in [-0.3, -0.25) is 9.39 Å². The zero-order chi connectivity index (χ0) is 21.6. The number of rotatable bonds is 6. The number of aromatic nitrogens is 3. The van der Waals surface area contributed by atoms with Crippen LogP contribution in [-0.2, 0) is 13.1 Å². The second-order valence-corrected chi connectivity index (χ2v) is 6.98. The molecule has 2 aromatic heterocycles. The lowest BCUT2D eigenvalue weighted by molar-refractivity contribution is 0.476. The van der Waals surface area contributed by atoms with Gasteiger partial charge in [0.15, 0.2) is 17.4 Å². The molecule has 31 heavy (non-hydrogen) atoms. The minimum atomic E-state index is -0.287. The molecule has 0 fully saturated rings. The zero-order valence-electron chi connectivity index (χ0n) is 17.3. The van der Waals surface area contributed by atoms with Crippen LogP contribution in [0.2, 0.25) is 0 Å². The number of halogens is 1. The van der Waals surface area contributed by atoms with Gasteiger partial charge in [0.1, 0.15) is 17.3 Å². The fourth-order valence-electron chi connectivity index (χ4n) is 3.15. The van der Waals surface area contributed by atoms with Gasteiger partial charge in [-0.05, 0) is 60.5 Å². The molecule has 0 saturated carbocycles. The number of aryl methyl sites for hydroxylation is 1. The van der Waals surface area contributed by atoms with Crippen molar-refractivity contribution in [2.24, 2.45) is 4.99 Å². The molecule has 0 aliphatic carbocycles. The van der Waals surface area contributed by atoms with Crippen molar-refractivity contribution >= 4 is 11.6 Å². The van der Waals surface area contributed by atoms with Gasteiger partial charge < -0.3 is 15.4 Å². The molecule has 0 bridgehead atoms. The lowest BCUT2D eigenvalue weighted by atomic mass is 10.1. The number of benzene rings is 2. The molecule has 0 radical (unpaired) electrons. The molecule has 2 heterocycles. The normalized spacial score (nSPS) is 11.5. The maximum absolute atomic E-state index is 13.1. The highest BCUT2D eigenvalue weighted by atomic mass is 19.1. The number of pyridine rings is 1. The second kappa shape index (κ2) is 9.25. The first-order valence-electron chi connectivity index (χ1n) is 9.88. The molecular formula is C23H23FN6O. The van der Waals surface area contributed by atoms with Crippen molar-refractivity contribution in [3.63, 3.8) is 0 Å². The topological polar surface area (TPSA) is 75.8 Å². The summed E-state index contributed by atoms with van der Waals surface area (Å²) in [5.74, 6) is 2.51. The minimum Gasteiger partial charge on any atom is -0.457 e. The van der Waals surface area contributed by atoms with E-state index in [1.807, 2.05) is 53.9 Å². The molecule has 0 atom stereocenters. The lowest BCUT2D eigenvalue weighted by Crippen LogP contribution is -2.36. The van der Waals surface area contributed by atoms with Gasteiger partial charge in [0.05, 0.1) is 6.54 Å². The third kappa shape index (κ3) is 4.98. The van der Waals surface area contributed by atoms with E-state index in [9.17, 15) is 4.39 Å². The van der Waals surface area contributed by atoms with Gasteiger partial charge in [-0.1, -0.05) is 18.2 Å². The smallest absolute Gasteiger partial charge is 0.191 e. The van der Waals surface area contributed by atoms with Gasteiger partial charge in [-0.2, -0.15) is 0 Å². The molecule has 4 aromatic rings. The molecule has 0 aliphatic rings. The Labute approximate surface area is 179 Å². The van der Waals surface area contributed by atoms with E-state index in [1.165, 1.54) is 12.1 Å². The summed E-state index contributed by atoms with van der Waals surface area (Å²) in [6.07, 6.45) is 1.93. The second-order valence-electron chi connectivity index (χ2n) is 6.98. The molecule has 2 N–H and O–H groups in total. The first kappa shape index (κ1) is 20.3. The number of fused-ring (bicyclic) bond motifs is 1. The molecule has 0 unspecified atom stereocenters. The number of nitrogens with zero attached hydrogens (tertiary/aromatic N) is 4. The van der Waals surface area contributed by atoms with E-state index in [-0.39, 0.29) is 5.82 Å². The van der Waals surface area contributed by atoms with Gasteiger partial charge in [0, 0.05) is 19.8 Å². The molecule has 7 nitrogen and oxygen atoms in total. The maximum atomic E-state index is 13.1. The quantitative estimate of drug-likeness (QED) is 0.368. The van der Waals surface area contributed by atoms with Gasteiger partial charge >= 0.3 is 0 Å². The molecule has 158 valence electrons. The summed E-state index contributed by atoms with van der Waals surface area (Å²) >= 11 is 0. The van der Waals surface area contributed by atoms with Crippen molar-refractivity contribution in [3.8, 4) is 11.5 Å². The number of guanidine groups is 1. The fourth-order valence-corrected chi connectivity index (χ4v) is 3.15. The first-order valence-corrected chi connectivity index (χ1v) is 9.88. The van der Waals surface area contributed by atoms with Crippen molar-refractivity contribution in [2.75, 3.05) is 7.05 Å². The monoisotopic (exact) mass is 418 g/mol. The Morgan fingerprint density at radius 3 is 2.61 bits per heavy atom. The van der Waals surface area contributed by atoms with Gasteiger partial charge in [0.2, 0.25) is 0 Å². The molecule has 8 heteroatoms. The van der Waals surface area contributed by atoms with Crippen LogP contribution in [0, 0.1) is 12.7 Å². The molecular weight excluding hydrogens is 395 g/mol. The highest BCUT2D eigenvalue weighted by Crippen LogP contribution is 2.25. The summed E-state index contributed by atoms with van der Waals surface area (Å²) in [6.45, 7) is 3.07. The largest absolute Gasteiger partial charge is 0.457 e. The van der Waals surface area contributed by atoms with Crippen LogP contribution in [0.1, 0.15) is 17.0 Å². The van der Waals surface area contributed by atoms with Gasteiger partial charge in [0.25, 0.3) is 0 Å². The van der Waals surface area contributed by atoms with E-state index in [4.69, 9.17) is 4.74 Å². The summed E-state index contributed by atoms with van der Waals surface area (Å²) in [7, 11) is 1.72. The number of hydrogen-bond donors (Lipinski definition) is 2. The van der Waals surface area contributed by atoms with E-state index in [0.29, 0.717) is 24.8 Å². The first-order chi connectivity index (χ1) is 15.1. The lowest BCUT2D eigenvalue weighted by Gasteiger charge is -2.13. The number of ether oxygens (including phenoxy) is 1. The Hall–Kier alpha value is -3.94. The number of nitrogens with one attached hydrogen (secondary N) is 2. The van der Waals surface area contributed by atoms with E-state index < -0.39 is 0 Å². The molecule has 0 saturated heterocycles. The van der Waals surface area contributed by atoms with Crippen LogP contribution in [0.3, 0.4) is 0 Å². The van der Waals surface area contributed by atoms with E-state index in [1.54, 1.807) is 19.2 Å². The Kier molecular flexibility index (Phi) is 6.07. The van der Waals surface area contributed by atoms with Gasteiger partial charge in [-0.15, -0.1) is 10.2 Å². The fraction of sp³-hybridized carbons (Fsp3) is 0.174. The predicted octanol–water partition coefficient (Wildman–Crippen LogP) is 3.83. The Balaban J connectivity index is 1.34. The van der Waals surface area contributed by atoms with Crippen LogP contribution >= 0.6 is 0 Å². The average Bonchev–Trinajstić information content (AvgIpc) is 3.20. The number of hydrogen-bond acceptors (Lipinski definition) is 4. The highest BCUT2D eigenvalue weighted by Gasteiger charge is 2.07. The standard InChI is InChI=1S/C23H23FN6O/c1-16-13-17(6-11-20(16)31-19-9-7-18(24)8-10-19)14-26-23(25-2)27-15-22-29-28-21-5-3-4-12-30(21)22/h3-13H,14-15H2,1-2H3,(H2,25,26,27). The Bertz CT molecular complexity index is 1200. The Morgan fingerprint density at radius 2 is 1.84 bits per heavy atom. The SMILES string of the molecule is CN=C(NCc1ccc(Oc2ccc(F)cc2)c(C)c1)NCc1nnc2ccccn12. The predicted molar refractivity (Wildman–Crippen MR) is 118 cm³/mol. The summed E-state index contributed by atoms with van der Waals surface area (Å²) in [4.78, 5) is 4.27. The van der Waals surface area contributed by atoms with Gasteiger partial charge in [-0.25, -0.2) is 4.39 Å². The van der Waals surface area contributed by atoms with Crippen LogP contribution < -0.4 is 15.4 Å². The van der Waals surface area contributed by atoms with Crippen LogP contribution in [0.5, 0.6) is 11.5 Å². The summed E-state index contributed by atoms with van der Waals surface area (Å²) < 4.78 is 20.8. The number of aliphatic imine (C=N–C) groups is 1. The van der Waals surface area contributed by atoms with Crippen molar-refractivity contribution in [3.05, 3.63) is 89.6 Å². The van der Waals surface area contributed by atoms with Crippen LogP contribution in [0.15, 0.2) is 71.9 Å². The van der Waals surface area contributed by atoms with E-state index >= 15 is 0 Å². The van der Waals surface area contributed by atoms with Crippen LogP contribution in [0.4, 0.5) is 4.39 Å². The van der Waals surface area contributed by atoms with Crippen molar-refractivity contribution in [1.29, 1.82) is 0 Å². The Morgan fingerprint density at radius 1 is 1.03 bits per heavy atom. The zero-order valence-corrected chi connectivity index (χ0v) is 17.3. The summed E-state index contributed by atoms with van der Waals surface area (Å²) in [5, 5.41) is 14.9. The third-order valence-electron chi connectivity index (χ3n) is 4.76. The maximum Gasteiger partial charge on any atom is 0.191 e. The molecule has 4 rings (SSSR count). The van der Waals surface area contributed by atoms with E-state index in [2.05, 4.69) is 25.8 Å². The van der Waals surface area contributed by atoms with Crippen LogP contribution in [0.25, 0.3) is 5.65 Å². The van der Waals surface area contributed by atoms with Crippen molar-refractivity contribution in [2.45, 2.75) is 20.0 Å². The molecule has 2 aromatic carbocycles. The van der Waals surface area contributed by atoms with Crippen molar-refractivity contribution < 1.29 is 9.13 Å². The average molecular weight is 418 g/mol. The molecule has 0 spiro atoms. The van der Waals surface area contributed by atoms with Crippen molar-refractivity contribution in [1.82, 2.24) is 25.2 Å². The summed E-state index contributed by atoms with van der Waals surface area (Å²) in [5.41, 5.74) is 2.88. The van der Waals surface area contributed by atoms with E-state index in [0.717, 1.165) is 28.3 Å². The molecule has 0 amide bonds. The minimum absolute atomic E-state index is 0.287. The van der Waals surface area contributed by atoms with Crippen LogP contribution in [-0.4, -0.2) is 27.6 Å². The molecule has 0 aliphatic heterocycles. The highest BCUT2D eigenvalue weighted by molar-refractivity contribution is 5.79. The summed E-state index contributed by atoms with van der Waals surface area (Å²) in [6, 6.07) is 17.7. The third-order valence-corrected chi connectivity index (χ3v) is 4.76.